The zero-order valence-electron chi connectivity index (χ0n) is 7.72. The van der Waals surface area contributed by atoms with Crippen LogP contribution in [0.25, 0.3) is 0 Å². The van der Waals surface area contributed by atoms with Crippen LogP contribution in [0, 0.1) is 0 Å². The molecule has 1 rings (SSSR count). The maximum absolute atomic E-state index is 12.4. The van der Waals surface area contributed by atoms with Gasteiger partial charge in [0.15, 0.2) is 5.71 Å². The van der Waals surface area contributed by atoms with Crippen LogP contribution in [0.5, 0.6) is 0 Å². The first-order valence-electron chi connectivity index (χ1n) is 3.93. The molecular weight excluding hydrogens is 199 g/mol. The van der Waals surface area contributed by atoms with Gasteiger partial charge in [0.1, 0.15) is 5.54 Å². The number of halogens is 3. The maximum Gasteiger partial charge on any atom is 0.433 e. The van der Waals surface area contributed by atoms with Gasteiger partial charge in [-0.25, -0.2) is 0 Å². The van der Waals surface area contributed by atoms with E-state index in [9.17, 15) is 13.2 Å². The summed E-state index contributed by atoms with van der Waals surface area (Å²) in [5.74, 6) is -0.202. The van der Waals surface area contributed by atoms with Gasteiger partial charge in [-0.2, -0.15) is 13.2 Å². The minimum atomic E-state index is -4.57. The number of hydrogen-bond acceptors (Lipinski definition) is 4. The van der Waals surface area contributed by atoms with Crippen molar-refractivity contribution in [2.45, 2.75) is 25.1 Å². The Kier molecular flexibility index (Phi) is 2.53. The summed E-state index contributed by atoms with van der Waals surface area (Å²) in [5, 5.41) is 6.28. The molecule has 0 amide bonds. The summed E-state index contributed by atoms with van der Waals surface area (Å²) in [5.41, 5.74) is 2.69. The molecule has 0 saturated carbocycles. The van der Waals surface area contributed by atoms with Crippen LogP contribution in [-0.2, 0) is 4.74 Å². The molecule has 1 heterocycles. The summed E-state index contributed by atoms with van der Waals surface area (Å²) >= 11 is 0. The van der Waals surface area contributed by atoms with Gasteiger partial charge in [-0.05, 0) is 6.42 Å². The van der Waals surface area contributed by atoms with Crippen LogP contribution >= 0.6 is 0 Å². The predicted molar refractivity (Wildman–Crippen MR) is 45.1 cm³/mol. The lowest BCUT2D eigenvalue weighted by molar-refractivity contribution is -0.0624. The second-order valence-electron chi connectivity index (χ2n) is 2.88. The van der Waals surface area contributed by atoms with Crippen molar-refractivity contribution in [2.75, 3.05) is 7.11 Å². The number of nitrogens with zero attached hydrogens (tertiary/aromatic N) is 2. The highest BCUT2D eigenvalue weighted by Gasteiger charge is 2.54. The van der Waals surface area contributed by atoms with E-state index in [0.717, 1.165) is 0 Å². The van der Waals surface area contributed by atoms with Gasteiger partial charge in [0.25, 0.3) is 0 Å². The number of alkyl halides is 3. The monoisotopic (exact) mass is 209 g/mol. The Labute approximate surface area is 78.6 Å². The number of hydrogen-bond donors (Lipinski definition) is 1. The highest BCUT2D eigenvalue weighted by molar-refractivity contribution is 6.17. The highest BCUT2D eigenvalue weighted by atomic mass is 19.4. The first kappa shape index (κ1) is 11.0. The average molecular weight is 209 g/mol. The molecule has 80 valence electrons. The fourth-order valence-electron chi connectivity index (χ4n) is 1.23. The minimum Gasteiger partial charge on any atom is -0.481 e. The van der Waals surface area contributed by atoms with Crippen molar-refractivity contribution in [1.29, 1.82) is 0 Å². The van der Waals surface area contributed by atoms with Gasteiger partial charge in [-0.15, -0.1) is 10.2 Å². The second kappa shape index (κ2) is 3.23. The van der Waals surface area contributed by atoms with E-state index >= 15 is 0 Å². The second-order valence-corrected chi connectivity index (χ2v) is 2.88. The fraction of sp³-hybridized carbons (Fsp3) is 0.714. The zero-order chi connectivity index (χ0) is 11.0. The van der Waals surface area contributed by atoms with Crippen LogP contribution in [0.3, 0.4) is 0 Å². The summed E-state index contributed by atoms with van der Waals surface area (Å²) in [6.07, 6.45) is -4.55. The van der Waals surface area contributed by atoms with Crippen LogP contribution < -0.4 is 5.73 Å². The first-order chi connectivity index (χ1) is 6.36. The molecule has 0 spiro atoms. The molecule has 7 heteroatoms. The Morgan fingerprint density at radius 2 is 2.00 bits per heavy atom. The summed E-state index contributed by atoms with van der Waals surface area (Å²) in [6, 6.07) is 0. The van der Waals surface area contributed by atoms with Crippen molar-refractivity contribution in [3.63, 3.8) is 0 Å². The summed E-state index contributed by atoms with van der Waals surface area (Å²) in [6.45, 7) is 1.52. The van der Waals surface area contributed by atoms with Crippen LogP contribution in [-0.4, -0.2) is 30.4 Å². The lowest BCUT2D eigenvalue weighted by Gasteiger charge is -2.25. The van der Waals surface area contributed by atoms with Gasteiger partial charge in [0, 0.05) is 0 Å². The van der Waals surface area contributed by atoms with E-state index in [1.54, 1.807) is 0 Å². The SMILES string of the molecule is CCC1(N)C(OC)=NN=C1C(F)(F)F. The third-order valence-electron chi connectivity index (χ3n) is 2.06. The molecule has 4 nitrogen and oxygen atoms in total. The lowest BCUT2D eigenvalue weighted by Crippen LogP contribution is -2.57. The predicted octanol–water partition coefficient (Wildman–Crippen LogP) is 1.07. The molecule has 0 aromatic heterocycles. The zero-order valence-corrected chi connectivity index (χ0v) is 7.72. The Bertz CT molecular complexity index is 297. The Hall–Kier alpha value is -1.11. The number of ether oxygens (including phenoxy) is 1. The normalized spacial score (nSPS) is 27.3. The van der Waals surface area contributed by atoms with E-state index in [0.29, 0.717) is 0 Å². The summed E-state index contributed by atoms with van der Waals surface area (Å²) < 4.78 is 41.9. The standard InChI is InChI=1S/C7H10F3N3O/c1-3-6(11)4(7(8,9)10)12-13-5(6)14-2/h3,11H2,1-2H3. The van der Waals surface area contributed by atoms with E-state index in [2.05, 4.69) is 14.9 Å². The smallest absolute Gasteiger partial charge is 0.433 e. The number of rotatable bonds is 1. The molecule has 1 atom stereocenters. The van der Waals surface area contributed by atoms with E-state index < -0.39 is 17.4 Å². The third-order valence-corrected chi connectivity index (χ3v) is 2.06. The molecule has 0 aromatic carbocycles. The average Bonchev–Trinajstić information content (AvgIpc) is 2.42. The van der Waals surface area contributed by atoms with Gasteiger partial charge in [-0.1, -0.05) is 6.92 Å². The van der Waals surface area contributed by atoms with Gasteiger partial charge < -0.3 is 10.5 Å². The molecule has 0 radical (unpaired) electrons. The van der Waals surface area contributed by atoms with Crippen LogP contribution in [0.15, 0.2) is 10.2 Å². The van der Waals surface area contributed by atoms with Gasteiger partial charge >= 0.3 is 6.18 Å². The molecule has 0 aliphatic carbocycles. The van der Waals surface area contributed by atoms with E-state index in [1.807, 2.05) is 0 Å². The van der Waals surface area contributed by atoms with Crippen LogP contribution in [0.1, 0.15) is 13.3 Å². The molecule has 1 aliphatic rings. The summed E-state index contributed by atoms with van der Waals surface area (Å²) in [4.78, 5) is 0. The molecule has 14 heavy (non-hydrogen) atoms. The fourth-order valence-corrected chi connectivity index (χ4v) is 1.23. The summed E-state index contributed by atoms with van der Waals surface area (Å²) in [7, 11) is 1.21. The van der Waals surface area contributed by atoms with Crippen molar-refractivity contribution in [2.24, 2.45) is 15.9 Å². The number of methoxy groups -OCH3 is 1. The van der Waals surface area contributed by atoms with Crippen LogP contribution in [0.2, 0.25) is 0 Å². The molecule has 1 unspecified atom stereocenters. The first-order valence-corrected chi connectivity index (χ1v) is 3.93. The Morgan fingerprint density at radius 1 is 1.43 bits per heavy atom. The van der Waals surface area contributed by atoms with Gasteiger partial charge in [-0.3, -0.25) is 0 Å². The molecule has 0 fully saturated rings. The number of nitrogens with two attached hydrogens (primary N) is 1. The van der Waals surface area contributed by atoms with Crippen molar-refractivity contribution in [3.8, 4) is 0 Å². The van der Waals surface area contributed by atoms with Crippen molar-refractivity contribution >= 4 is 11.6 Å². The molecule has 0 bridgehead atoms. The topological polar surface area (TPSA) is 60.0 Å². The largest absolute Gasteiger partial charge is 0.481 e. The van der Waals surface area contributed by atoms with E-state index in [1.165, 1.54) is 14.0 Å². The van der Waals surface area contributed by atoms with Crippen molar-refractivity contribution in [3.05, 3.63) is 0 Å². The Morgan fingerprint density at radius 3 is 2.36 bits per heavy atom. The van der Waals surface area contributed by atoms with Crippen LogP contribution in [0.4, 0.5) is 13.2 Å². The Balaban J connectivity index is 3.06. The minimum absolute atomic E-state index is 0.0258. The van der Waals surface area contributed by atoms with Gasteiger partial charge in [0.05, 0.1) is 7.11 Å². The lowest BCUT2D eigenvalue weighted by atomic mass is 9.91. The molecule has 2 N–H and O–H groups in total. The highest BCUT2D eigenvalue weighted by Crippen LogP contribution is 2.30. The molecule has 1 aliphatic heterocycles. The molecular formula is C7H10F3N3O. The van der Waals surface area contributed by atoms with E-state index in [-0.39, 0.29) is 12.3 Å². The quantitative estimate of drug-likeness (QED) is 0.702. The molecule has 0 saturated heterocycles. The van der Waals surface area contributed by atoms with Crippen molar-refractivity contribution in [1.82, 2.24) is 0 Å². The van der Waals surface area contributed by atoms with E-state index in [4.69, 9.17) is 5.73 Å². The third kappa shape index (κ3) is 1.47. The van der Waals surface area contributed by atoms with Crippen molar-refractivity contribution < 1.29 is 17.9 Å². The van der Waals surface area contributed by atoms with Gasteiger partial charge in [0.2, 0.25) is 5.90 Å². The molecule has 0 aromatic rings. The maximum atomic E-state index is 12.4.